The van der Waals surface area contributed by atoms with Gasteiger partial charge >= 0.3 is 0 Å². The molecule has 0 radical (unpaired) electrons. The van der Waals surface area contributed by atoms with E-state index in [9.17, 15) is 9.59 Å². The fourth-order valence-corrected chi connectivity index (χ4v) is 2.19. The Morgan fingerprint density at radius 3 is 2.65 bits per heavy atom. The van der Waals surface area contributed by atoms with Crippen LogP contribution in [0.3, 0.4) is 0 Å². The molecule has 0 bridgehead atoms. The van der Waals surface area contributed by atoms with Crippen molar-refractivity contribution in [1.82, 2.24) is 4.98 Å². The summed E-state index contributed by atoms with van der Waals surface area (Å²) < 4.78 is 0. The zero-order valence-corrected chi connectivity index (χ0v) is 11.1. The molecule has 0 saturated heterocycles. The number of hydrogen-bond acceptors (Lipinski definition) is 4. The third-order valence-corrected chi connectivity index (χ3v) is 3.22. The molecule has 0 aliphatic heterocycles. The molecule has 0 aliphatic rings. The Kier molecular flexibility index (Phi) is 6.70. The number of ketones is 2. The first-order valence-corrected chi connectivity index (χ1v) is 7.11. The average Bonchev–Trinajstić information content (AvgIpc) is 2.82. The predicted octanol–water partition coefficient (Wildman–Crippen LogP) is 3.65. The zero-order chi connectivity index (χ0) is 12.5. The van der Waals surface area contributed by atoms with Crippen LogP contribution in [0.1, 0.15) is 62.4 Å². The molecule has 0 N–H and O–H groups in total. The predicted molar refractivity (Wildman–Crippen MR) is 69.4 cm³/mol. The van der Waals surface area contributed by atoms with E-state index in [1.807, 2.05) is 0 Å². The molecule has 0 saturated carbocycles. The fourth-order valence-electron chi connectivity index (χ4n) is 1.63. The van der Waals surface area contributed by atoms with Crippen molar-refractivity contribution in [2.45, 2.75) is 51.9 Å². The van der Waals surface area contributed by atoms with Crippen LogP contribution in [0.2, 0.25) is 0 Å². The van der Waals surface area contributed by atoms with Crippen LogP contribution in [0.25, 0.3) is 0 Å². The van der Waals surface area contributed by atoms with Gasteiger partial charge in [0.15, 0.2) is 5.78 Å². The van der Waals surface area contributed by atoms with Gasteiger partial charge in [0.05, 0.1) is 11.9 Å². The van der Waals surface area contributed by atoms with Crippen LogP contribution < -0.4 is 0 Å². The molecule has 0 aliphatic carbocycles. The normalized spacial score (nSPS) is 10.4. The Morgan fingerprint density at radius 2 is 2.00 bits per heavy atom. The van der Waals surface area contributed by atoms with Gasteiger partial charge in [-0.25, -0.2) is 4.98 Å². The summed E-state index contributed by atoms with van der Waals surface area (Å²) in [6.45, 7) is 2.16. The summed E-state index contributed by atoms with van der Waals surface area (Å²) >= 11 is 1.38. The number of rotatable bonds is 9. The fraction of sp³-hybridized carbons (Fsp3) is 0.615. The molecular weight excluding hydrogens is 234 g/mol. The average molecular weight is 253 g/mol. The highest BCUT2D eigenvalue weighted by molar-refractivity contribution is 7.07. The molecular formula is C13H19NO2S. The highest BCUT2D eigenvalue weighted by atomic mass is 32.1. The Balaban J connectivity index is 2.15. The molecule has 0 spiro atoms. The molecule has 0 atom stereocenters. The number of aromatic nitrogens is 1. The quantitative estimate of drug-likeness (QED) is 0.383. The second-order valence-corrected chi connectivity index (χ2v) is 4.90. The molecule has 3 nitrogen and oxygen atoms in total. The van der Waals surface area contributed by atoms with E-state index >= 15 is 0 Å². The number of hydrogen-bond donors (Lipinski definition) is 0. The smallest absolute Gasteiger partial charge is 0.189 e. The zero-order valence-electron chi connectivity index (χ0n) is 10.3. The molecule has 1 heterocycles. The van der Waals surface area contributed by atoms with Crippen molar-refractivity contribution in [3.63, 3.8) is 0 Å². The third kappa shape index (κ3) is 5.73. The van der Waals surface area contributed by atoms with Gasteiger partial charge in [0.2, 0.25) is 0 Å². The summed E-state index contributed by atoms with van der Waals surface area (Å²) in [5.41, 5.74) is 2.04. The highest BCUT2D eigenvalue weighted by Gasteiger charge is 2.12. The minimum absolute atomic E-state index is 0.0114. The molecule has 94 valence electrons. The van der Waals surface area contributed by atoms with E-state index in [0.717, 1.165) is 12.8 Å². The van der Waals surface area contributed by atoms with Crippen molar-refractivity contribution in [2.24, 2.45) is 0 Å². The van der Waals surface area contributed by atoms with E-state index in [2.05, 4.69) is 11.9 Å². The van der Waals surface area contributed by atoms with E-state index in [-0.39, 0.29) is 18.0 Å². The first-order valence-electron chi connectivity index (χ1n) is 6.17. The summed E-state index contributed by atoms with van der Waals surface area (Å²) in [5, 5.41) is 1.69. The molecule has 17 heavy (non-hydrogen) atoms. The van der Waals surface area contributed by atoms with Crippen LogP contribution in [-0.2, 0) is 4.79 Å². The summed E-state index contributed by atoms with van der Waals surface area (Å²) in [7, 11) is 0. The van der Waals surface area contributed by atoms with Crippen molar-refractivity contribution in [2.75, 3.05) is 0 Å². The van der Waals surface area contributed by atoms with Gasteiger partial charge < -0.3 is 0 Å². The van der Waals surface area contributed by atoms with Gasteiger partial charge in [-0.15, -0.1) is 11.3 Å². The van der Waals surface area contributed by atoms with Crippen molar-refractivity contribution in [3.8, 4) is 0 Å². The molecule has 0 fully saturated rings. The standard InChI is InChI=1S/C13H19NO2S/c1-2-3-4-5-6-7-11(15)8-13(16)12-9-17-10-14-12/h9-10H,2-8H2,1H3. The van der Waals surface area contributed by atoms with Gasteiger partial charge in [0.1, 0.15) is 11.5 Å². The summed E-state index contributed by atoms with van der Waals surface area (Å²) in [5.74, 6) is -0.107. The van der Waals surface area contributed by atoms with Gasteiger partial charge in [-0.3, -0.25) is 9.59 Å². The summed E-state index contributed by atoms with van der Waals surface area (Å²) in [6, 6.07) is 0. The first-order chi connectivity index (χ1) is 8.24. The van der Waals surface area contributed by atoms with E-state index in [0.29, 0.717) is 12.1 Å². The molecule has 1 aromatic heterocycles. The van der Waals surface area contributed by atoms with Crippen molar-refractivity contribution in [1.29, 1.82) is 0 Å². The van der Waals surface area contributed by atoms with Gasteiger partial charge in [-0.2, -0.15) is 0 Å². The van der Waals surface area contributed by atoms with Gasteiger partial charge in [0, 0.05) is 11.8 Å². The lowest BCUT2D eigenvalue weighted by molar-refractivity contribution is -0.118. The van der Waals surface area contributed by atoms with Gasteiger partial charge in [-0.1, -0.05) is 32.6 Å². The Bertz CT molecular complexity index is 346. The lowest BCUT2D eigenvalue weighted by atomic mass is 10.1. The van der Waals surface area contributed by atoms with E-state index in [4.69, 9.17) is 0 Å². The highest BCUT2D eigenvalue weighted by Crippen LogP contribution is 2.09. The second kappa shape index (κ2) is 8.12. The maximum absolute atomic E-state index is 11.6. The van der Waals surface area contributed by atoms with Crippen LogP contribution >= 0.6 is 11.3 Å². The maximum Gasteiger partial charge on any atom is 0.189 e. The monoisotopic (exact) mass is 253 g/mol. The second-order valence-electron chi connectivity index (χ2n) is 4.18. The molecule has 4 heteroatoms. The van der Waals surface area contributed by atoms with Crippen molar-refractivity contribution >= 4 is 22.9 Å². The summed E-state index contributed by atoms with van der Waals surface area (Å²) in [4.78, 5) is 27.0. The number of unbranched alkanes of at least 4 members (excludes halogenated alkanes) is 4. The van der Waals surface area contributed by atoms with Crippen LogP contribution in [0.15, 0.2) is 10.9 Å². The summed E-state index contributed by atoms with van der Waals surface area (Å²) in [6.07, 6.45) is 6.15. The molecule has 0 amide bonds. The third-order valence-electron chi connectivity index (χ3n) is 2.63. The topological polar surface area (TPSA) is 47.0 Å². The van der Waals surface area contributed by atoms with Crippen molar-refractivity contribution in [3.05, 3.63) is 16.6 Å². The molecule has 1 aromatic rings. The molecule has 0 unspecified atom stereocenters. The Hall–Kier alpha value is -1.03. The number of Topliss-reactive ketones (excluding diaryl/α,β-unsaturated/α-hetero) is 2. The van der Waals surface area contributed by atoms with E-state index in [1.165, 1.54) is 30.6 Å². The maximum atomic E-state index is 11.6. The van der Waals surface area contributed by atoms with Gasteiger partial charge in [0.25, 0.3) is 0 Å². The van der Waals surface area contributed by atoms with Crippen LogP contribution in [0.4, 0.5) is 0 Å². The number of carbonyl (C=O) groups is 2. The number of thiazole rings is 1. The van der Waals surface area contributed by atoms with Crippen molar-refractivity contribution < 1.29 is 9.59 Å². The first kappa shape index (κ1) is 14.0. The Morgan fingerprint density at radius 1 is 1.24 bits per heavy atom. The lowest BCUT2D eigenvalue weighted by Gasteiger charge is -1.99. The minimum atomic E-state index is -0.148. The van der Waals surface area contributed by atoms with Crippen LogP contribution in [-0.4, -0.2) is 16.6 Å². The number of nitrogens with zero attached hydrogens (tertiary/aromatic N) is 1. The van der Waals surface area contributed by atoms with Crippen LogP contribution in [0, 0.1) is 0 Å². The van der Waals surface area contributed by atoms with Gasteiger partial charge in [-0.05, 0) is 6.42 Å². The van der Waals surface area contributed by atoms with E-state index < -0.39 is 0 Å². The largest absolute Gasteiger partial charge is 0.299 e. The molecule has 0 aromatic carbocycles. The Labute approximate surface area is 106 Å². The lowest BCUT2D eigenvalue weighted by Crippen LogP contribution is -2.08. The minimum Gasteiger partial charge on any atom is -0.299 e. The molecule has 1 rings (SSSR count). The number of carbonyl (C=O) groups excluding carboxylic acids is 2. The van der Waals surface area contributed by atoms with Crippen LogP contribution in [0.5, 0.6) is 0 Å². The SMILES string of the molecule is CCCCCCCC(=O)CC(=O)c1cscn1. The van der Waals surface area contributed by atoms with E-state index in [1.54, 1.807) is 10.9 Å².